The number of hydrogen-bond donors (Lipinski definition) is 0. The number of rotatable bonds is 5. The molecular weight excluding hydrogens is 214 g/mol. The lowest BCUT2D eigenvalue weighted by Crippen LogP contribution is -2.44. The Balaban J connectivity index is 2.51. The van der Waals surface area contributed by atoms with Crippen LogP contribution in [0.15, 0.2) is 0 Å². The lowest BCUT2D eigenvalue weighted by Gasteiger charge is -2.35. The van der Waals surface area contributed by atoms with Crippen molar-refractivity contribution < 1.29 is 9.59 Å². The largest absolute Gasteiger partial charge is 0.339 e. The summed E-state index contributed by atoms with van der Waals surface area (Å²) in [6.45, 7) is 6.73. The number of Topliss-reactive ketones (excluding diaryl/α,β-unsaturated/α-hetero) is 1. The van der Waals surface area contributed by atoms with E-state index in [2.05, 4.69) is 13.8 Å². The quantitative estimate of drug-likeness (QED) is 0.740. The second kappa shape index (κ2) is 6.77. The summed E-state index contributed by atoms with van der Waals surface area (Å²) in [7, 11) is 0. The average Bonchev–Trinajstić information content (AvgIpc) is 2.25. The zero-order valence-corrected chi connectivity index (χ0v) is 11.4. The Morgan fingerprint density at radius 2 is 2.00 bits per heavy atom. The third kappa shape index (κ3) is 4.88. The Morgan fingerprint density at radius 3 is 2.59 bits per heavy atom. The highest BCUT2D eigenvalue weighted by Crippen LogP contribution is 2.21. The van der Waals surface area contributed by atoms with Gasteiger partial charge in [-0.3, -0.25) is 9.59 Å². The number of nitrogens with zero attached hydrogens (tertiary/aromatic N) is 1. The third-order valence-corrected chi connectivity index (χ3v) is 3.41. The Kier molecular flexibility index (Phi) is 5.66. The van der Waals surface area contributed by atoms with Gasteiger partial charge in [-0.1, -0.05) is 13.8 Å². The van der Waals surface area contributed by atoms with E-state index >= 15 is 0 Å². The minimum Gasteiger partial charge on any atom is -0.339 e. The van der Waals surface area contributed by atoms with Crippen LogP contribution < -0.4 is 0 Å². The molecule has 1 unspecified atom stereocenters. The molecule has 0 bridgehead atoms. The lowest BCUT2D eigenvalue weighted by atomic mass is 9.96. The van der Waals surface area contributed by atoms with E-state index in [0.717, 1.165) is 32.2 Å². The molecule has 1 amide bonds. The van der Waals surface area contributed by atoms with Crippen molar-refractivity contribution in [2.24, 2.45) is 5.92 Å². The molecule has 17 heavy (non-hydrogen) atoms. The second-order valence-electron chi connectivity index (χ2n) is 5.58. The van der Waals surface area contributed by atoms with Crippen LogP contribution in [0.5, 0.6) is 0 Å². The van der Waals surface area contributed by atoms with Gasteiger partial charge in [-0.15, -0.1) is 0 Å². The molecule has 1 heterocycles. The van der Waals surface area contributed by atoms with Crippen molar-refractivity contribution in [1.29, 1.82) is 0 Å². The molecule has 98 valence electrons. The molecule has 1 rings (SSSR count). The van der Waals surface area contributed by atoms with Gasteiger partial charge >= 0.3 is 0 Å². The van der Waals surface area contributed by atoms with E-state index in [1.165, 1.54) is 0 Å². The predicted molar refractivity (Wildman–Crippen MR) is 68.7 cm³/mol. The zero-order chi connectivity index (χ0) is 12.8. The number of ketones is 1. The summed E-state index contributed by atoms with van der Waals surface area (Å²) in [4.78, 5) is 25.3. The average molecular weight is 239 g/mol. The van der Waals surface area contributed by atoms with Crippen molar-refractivity contribution in [2.45, 2.75) is 65.3 Å². The summed E-state index contributed by atoms with van der Waals surface area (Å²) in [5.74, 6) is 0.998. The van der Waals surface area contributed by atoms with Crippen molar-refractivity contribution in [3.8, 4) is 0 Å². The Labute approximate surface area is 105 Å². The summed E-state index contributed by atoms with van der Waals surface area (Å²) < 4.78 is 0. The fourth-order valence-electron chi connectivity index (χ4n) is 2.43. The van der Waals surface area contributed by atoms with Gasteiger partial charge in [0.1, 0.15) is 5.78 Å². The fourth-order valence-corrected chi connectivity index (χ4v) is 2.43. The van der Waals surface area contributed by atoms with Crippen molar-refractivity contribution >= 4 is 11.7 Å². The van der Waals surface area contributed by atoms with Crippen LogP contribution in [-0.4, -0.2) is 29.2 Å². The highest BCUT2D eigenvalue weighted by molar-refractivity contribution is 5.79. The van der Waals surface area contributed by atoms with E-state index in [0.29, 0.717) is 18.8 Å². The van der Waals surface area contributed by atoms with E-state index in [-0.39, 0.29) is 17.7 Å². The van der Waals surface area contributed by atoms with Crippen LogP contribution >= 0.6 is 0 Å². The summed E-state index contributed by atoms with van der Waals surface area (Å²) in [6.07, 6.45) is 5.34. The Bertz CT molecular complexity index is 273. The summed E-state index contributed by atoms with van der Waals surface area (Å²) in [6, 6.07) is 0.168. The molecule has 1 aliphatic rings. The monoisotopic (exact) mass is 239 g/mol. The molecule has 0 spiro atoms. The molecule has 0 aliphatic carbocycles. The molecule has 1 saturated heterocycles. The van der Waals surface area contributed by atoms with E-state index < -0.39 is 0 Å². The molecule has 0 N–H and O–H groups in total. The van der Waals surface area contributed by atoms with Crippen molar-refractivity contribution in [1.82, 2.24) is 4.90 Å². The minimum absolute atomic E-state index is 0.168. The van der Waals surface area contributed by atoms with Gasteiger partial charge in [-0.05, 0) is 38.5 Å². The Morgan fingerprint density at radius 1 is 1.29 bits per heavy atom. The maximum absolute atomic E-state index is 12.1. The highest BCUT2D eigenvalue weighted by Gasteiger charge is 2.27. The Hall–Kier alpha value is -0.860. The number of carbonyl (C=O) groups is 2. The van der Waals surface area contributed by atoms with Crippen LogP contribution in [0.3, 0.4) is 0 Å². The first-order valence-corrected chi connectivity index (χ1v) is 6.79. The number of hydrogen-bond acceptors (Lipinski definition) is 2. The van der Waals surface area contributed by atoms with Crippen molar-refractivity contribution in [3.05, 3.63) is 0 Å². The van der Waals surface area contributed by atoms with Gasteiger partial charge in [0.25, 0.3) is 0 Å². The maximum atomic E-state index is 12.1. The first-order chi connectivity index (χ1) is 8.00. The number of piperidine rings is 1. The van der Waals surface area contributed by atoms with Crippen LogP contribution in [-0.2, 0) is 9.59 Å². The van der Waals surface area contributed by atoms with Crippen LogP contribution in [0.4, 0.5) is 0 Å². The molecule has 0 aromatic heterocycles. The molecule has 3 nitrogen and oxygen atoms in total. The van der Waals surface area contributed by atoms with E-state index in [4.69, 9.17) is 0 Å². The number of amides is 1. The van der Waals surface area contributed by atoms with E-state index in [9.17, 15) is 9.59 Å². The fraction of sp³-hybridized carbons (Fsp3) is 0.857. The van der Waals surface area contributed by atoms with Gasteiger partial charge in [0, 0.05) is 25.4 Å². The molecule has 0 radical (unpaired) electrons. The first-order valence-electron chi connectivity index (χ1n) is 6.79. The standard InChI is InChI=1S/C14H25NO2/c1-11(2)7-8-14(17)15-9-5-4-6-13(15)10-12(3)16/h11,13H,4-10H2,1-3H3. The first kappa shape index (κ1) is 14.2. The maximum Gasteiger partial charge on any atom is 0.222 e. The van der Waals surface area contributed by atoms with Gasteiger partial charge in [-0.2, -0.15) is 0 Å². The van der Waals surface area contributed by atoms with E-state index in [1.54, 1.807) is 6.92 Å². The zero-order valence-electron chi connectivity index (χ0n) is 11.4. The molecule has 0 aromatic carbocycles. The molecule has 0 aromatic rings. The van der Waals surface area contributed by atoms with E-state index in [1.807, 2.05) is 4.90 Å². The number of likely N-dealkylation sites (tertiary alicyclic amines) is 1. The van der Waals surface area contributed by atoms with Gasteiger partial charge in [0.15, 0.2) is 0 Å². The van der Waals surface area contributed by atoms with Gasteiger partial charge < -0.3 is 4.90 Å². The van der Waals surface area contributed by atoms with Gasteiger partial charge in [0.2, 0.25) is 5.91 Å². The molecule has 1 atom stereocenters. The smallest absolute Gasteiger partial charge is 0.222 e. The van der Waals surface area contributed by atoms with Crippen molar-refractivity contribution in [3.63, 3.8) is 0 Å². The minimum atomic E-state index is 0.168. The van der Waals surface area contributed by atoms with Crippen LogP contribution in [0.1, 0.15) is 59.3 Å². The predicted octanol–water partition coefficient (Wildman–Crippen LogP) is 2.78. The van der Waals surface area contributed by atoms with Crippen LogP contribution in [0.2, 0.25) is 0 Å². The second-order valence-corrected chi connectivity index (χ2v) is 5.58. The third-order valence-electron chi connectivity index (χ3n) is 3.41. The summed E-state index contributed by atoms with van der Waals surface area (Å²) in [5, 5.41) is 0. The van der Waals surface area contributed by atoms with Crippen LogP contribution in [0, 0.1) is 5.92 Å². The SMILES string of the molecule is CC(=O)CC1CCCCN1C(=O)CCC(C)C. The molecule has 3 heteroatoms. The lowest BCUT2D eigenvalue weighted by molar-refractivity contribution is -0.136. The summed E-state index contributed by atoms with van der Waals surface area (Å²) in [5.41, 5.74) is 0. The van der Waals surface area contributed by atoms with Gasteiger partial charge in [0.05, 0.1) is 0 Å². The van der Waals surface area contributed by atoms with Gasteiger partial charge in [-0.25, -0.2) is 0 Å². The molecule has 1 fully saturated rings. The molecular formula is C14H25NO2. The highest BCUT2D eigenvalue weighted by atomic mass is 16.2. The van der Waals surface area contributed by atoms with Crippen molar-refractivity contribution in [2.75, 3.05) is 6.54 Å². The van der Waals surface area contributed by atoms with Crippen LogP contribution in [0.25, 0.3) is 0 Å². The number of carbonyl (C=O) groups excluding carboxylic acids is 2. The summed E-state index contributed by atoms with van der Waals surface area (Å²) >= 11 is 0. The molecule has 0 saturated carbocycles. The molecule has 1 aliphatic heterocycles. The topological polar surface area (TPSA) is 37.4 Å². The normalized spacial score (nSPS) is 20.7.